The number of carboxylic acids is 1. The number of rotatable bonds is 3. The highest BCUT2D eigenvalue weighted by atomic mass is 35.5. The number of halogens is 1. The van der Waals surface area contributed by atoms with Crippen molar-refractivity contribution in [3.05, 3.63) is 23.5 Å². The molecule has 0 saturated heterocycles. The second-order valence-electron chi connectivity index (χ2n) is 4.75. The van der Waals surface area contributed by atoms with E-state index in [9.17, 15) is 9.59 Å². The fourth-order valence-corrected chi connectivity index (χ4v) is 1.53. The van der Waals surface area contributed by atoms with Crippen molar-refractivity contribution in [1.82, 2.24) is 4.98 Å². The topological polar surface area (TPSA) is 88.5 Å². The Labute approximate surface area is 115 Å². The van der Waals surface area contributed by atoms with Crippen LogP contribution in [0.15, 0.2) is 12.3 Å². The summed E-state index contributed by atoms with van der Waals surface area (Å²) >= 11 is 5.68. The molecule has 0 atom stereocenters. The number of aromatic nitrogens is 1. The largest absolute Gasteiger partial charge is 0.478 e. The van der Waals surface area contributed by atoms with Crippen LogP contribution in [0.4, 0.5) is 10.5 Å². The molecule has 0 radical (unpaired) electrons. The molecule has 104 valence electrons. The number of alkyl halides is 1. The Morgan fingerprint density at radius 3 is 2.58 bits per heavy atom. The van der Waals surface area contributed by atoms with Gasteiger partial charge in [-0.15, -0.1) is 11.6 Å². The van der Waals surface area contributed by atoms with E-state index in [1.54, 1.807) is 20.8 Å². The van der Waals surface area contributed by atoms with Crippen molar-refractivity contribution < 1.29 is 19.4 Å². The second kappa shape index (κ2) is 5.88. The van der Waals surface area contributed by atoms with Gasteiger partial charge in [-0.1, -0.05) is 0 Å². The van der Waals surface area contributed by atoms with Crippen molar-refractivity contribution >= 4 is 29.4 Å². The number of anilines is 1. The first-order valence-corrected chi connectivity index (χ1v) is 6.05. The van der Waals surface area contributed by atoms with E-state index in [4.69, 9.17) is 21.4 Å². The molecule has 0 aliphatic heterocycles. The lowest BCUT2D eigenvalue weighted by atomic mass is 10.2. The third kappa shape index (κ3) is 4.40. The monoisotopic (exact) mass is 286 g/mol. The van der Waals surface area contributed by atoms with Gasteiger partial charge in [-0.3, -0.25) is 10.3 Å². The van der Waals surface area contributed by atoms with Gasteiger partial charge >= 0.3 is 12.1 Å². The van der Waals surface area contributed by atoms with Gasteiger partial charge in [0.2, 0.25) is 0 Å². The SMILES string of the molecule is CC(C)(C)OC(=O)Nc1c(C(=O)O)ccnc1CCl. The van der Waals surface area contributed by atoms with Gasteiger partial charge in [-0.25, -0.2) is 9.59 Å². The smallest absolute Gasteiger partial charge is 0.412 e. The lowest BCUT2D eigenvalue weighted by Gasteiger charge is -2.20. The third-order valence-electron chi connectivity index (χ3n) is 2.01. The van der Waals surface area contributed by atoms with Gasteiger partial charge in [-0.2, -0.15) is 0 Å². The molecule has 19 heavy (non-hydrogen) atoms. The van der Waals surface area contributed by atoms with Crippen LogP contribution in [0.1, 0.15) is 36.8 Å². The van der Waals surface area contributed by atoms with Crippen LogP contribution in [0.5, 0.6) is 0 Å². The number of carbonyl (C=O) groups is 2. The molecule has 1 heterocycles. The van der Waals surface area contributed by atoms with Crippen LogP contribution in [0.25, 0.3) is 0 Å². The minimum atomic E-state index is -1.18. The maximum absolute atomic E-state index is 11.7. The maximum Gasteiger partial charge on any atom is 0.412 e. The standard InChI is InChI=1S/C12H15ClN2O4/c1-12(2,3)19-11(18)15-9-7(10(16)17)4-5-14-8(9)6-13/h4-5H,6H2,1-3H3,(H,15,18)(H,16,17). The van der Waals surface area contributed by atoms with Crippen molar-refractivity contribution in [3.8, 4) is 0 Å². The number of carboxylic acid groups (broad SMARTS) is 1. The molecule has 1 aromatic heterocycles. The number of carbonyl (C=O) groups excluding carboxylic acids is 1. The Morgan fingerprint density at radius 1 is 1.47 bits per heavy atom. The number of nitrogens with zero attached hydrogens (tertiary/aromatic N) is 1. The number of aromatic carboxylic acids is 1. The summed E-state index contributed by atoms with van der Waals surface area (Å²) in [7, 11) is 0. The molecule has 0 bridgehead atoms. The van der Waals surface area contributed by atoms with E-state index in [1.807, 2.05) is 0 Å². The summed E-state index contributed by atoms with van der Waals surface area (Å²) in [4.78, 5) is 26.7. The van der Waals surface area contributed by atoms with E-state index in [-0.39, 0.29) is 22.8 Å². The van der Waals surface area contributed by atoms with Crippen molar-refractivity contribution in [2.45, 2.75) is 32.3 Å². The van der Waals surface area contributed by atoms with Crippen LogP contribution in [0.3, 0.4) is 0 Å². The van der Waals surface area contributed by atoms with Gasteiger partial charge in [0.1, 0.15) is 5.60 Å². The van der Waals surface area contributed by atoms with E-state index >= 15 is 0 Å². The van der Waals surface area contributed by atoms with Gasteiger partial charge in [0.25, 0.3) is 0 Å². The summed E-state index contributed by atoms with van der Waals surface area (Å²) in [5, 5.41) is 11.4. The van der Waals surface area contributed by atoms with Gasteiger partial charge in [-0.05, 0) is 26.8 Å². The highest BCUT2D eigenvalue weighted by Crippen LogP contribution is 2.22. The molecule has 1 rings (SSSR count). The molecule has 6 nitrogen and oxygen atoms in total. The van der Waals surface area contributed by atoms with E-state index < -0.39 is 17.7 Å². The van der Waals surface area contributed by atoms with Gasteiger partial charge in [0.05, 0.1) is 22.8 Å². The first-order valence-electron chi connectivity index (χ1n) is 5.51. The molecule has 2 N–H and O–H groups in total. The predicted octanol–water partition coefficient (Wildman–Crippen LogP) is 2.87. The van der Waals surface area contributed by atoms with E-state index in [0.717, 1.165) is 0 Å². The lowest BCUT2D eigenvalue weighted by Crippen LogP contribution is -2.28. The Bertz CT molecular complexity index is 497. The van der Waals surface area contributed by atoms with Gasteiger partial charge in [0.15, 0.2) is 0 Å². The Hall–Kier alpha value is -1.82. The zero-order valence-electron chi connectivity index (χ0n) is 10.9. The Balaban J connectivity index is 3.05. The molecule has 7 heteroatoms. The zero-order valence-corrected chi connectivity index (χ0v) is 11.6. The highest BCUT2D eigenvalue weighted by molar-refractivity contribution is 6.17. The van der Waals surface area contributed by atoms with Crippen molar-refractivity contribution in [2.75, 3.05) is 5.32 Å². The zero-order chi connectivity index (χ0) is 14.6. The second-order valence-corrected chi connectivity index (χ2v) is 5.01. The number of nitrogens with one attached hydrogen (secondary N) is 1. The van der Waals surface area contributed by atoms with Gasteiger partial charge < -0.3 is 9.84 Å². The summed E-state index contributed by atoms with van der Waals surface area (Å²) < 4.78 is 5.06. The summed E-state index contributed by atoms with van der Waals surface area (Å²) in [5.41, 5.74) is -0.445. The number of ether oxygens (including phenoxy) is 1. The Morgan fingerprint density at radius 2 is 2.11 bits per heavy atom. The fraction of sp³-hybridized carbons (Fsp3) is 0.417. The quantitative estimate of drug-likeness (QED) is 0.834. The van der Waals surface area contributed by atoms with Crippen LogP contribution in [0, 0.1) is 0 Å². The first kappa shape index (κ1) is 15.2. The van der Waals surface area contributed by atoms with Crippen LogP contribution in [-0.2, 0) is 10.6 Å². The molecule has 1 aromatic rings. The summed E-state index contributed by atoms with van der Waals surface area (Å²) in [6.07, 6.45) is 0.566. The van der Waals surface area contributed by atoms with Crippen molar-refractivity contribution in [2.24, 2.45) is 0 Å². The number of amides is 1. The first-order chi connectivity index (χ1) is 8.74. The number of hydrogen-bond acceptors (Lipinski definition) is 4. The average molecular weight is 287 g/mol. The molecular formula is C12H15ClN2O4. The van der Waals surface area contributed by atoms with Crippen molar-refractivity contribution in [1.29, 1.82) is 0 Å². The molecule has 0 aromatic carbocycles. The minimum absolute atomic E-state index is 0.0216. The molecule has 0 saturated carbocycles. The molecule has 1 amide bonds. The highest BCUT2D eigenvalue weighted by Gasteiger charge is 2.21. The molecule has 0 aliphatic rings. The summed E-state index contributed by atoms with van der Waals surface area (Å²) in [6.45, 7) is 5.11. The normalized spacial score (nSPS) is 10.9. The molecule has 0 aliphatic carbocycles. The maximum atomic E-state index is 11.7. The van der Waals surface area contributed by atoms with E-state index in [2.05, 4.69) is 10.3 Å². The van der Waals surface area contributed by atoms with Crippen LogP contribution >= 0.6 is 11.6 Å². The minimum Gasteiger partial charge on any atom is -0.478 e. The molecule has 0 spiro atoms. The van der Waals surface area contributed by atoms with E-state index in [1.165, 1.54) is 12.3 Å². The predicted molar refractivity (Wildman–Crippen MR) is 70.6 cm³/mol. The molecule has 0 unspecified atom stereocenters. The van der Waals surface area contributed by atoms with Crippen molar-refractivity contribution in [3.63, 3.8) is 0 Å². The third-order valence-corrected chi connectivity index (χ3v) is 2.27. The summed E-state index contributed by atoms with van der Waals surface area (Å²) in [5.74, 6) is -1.20. The molecular weight excluding hydrogens is 272 g/mol. The van der Waals surface area contributed by atoms with Crippen LogP contribution < -0.4 is 5.32 Å². The summed E-state index contributed by atoms with van der Waals surface area (Å²) in [6, 6.07) is 1.28. The lowest BCUT2D eigenvalue weighted by molar-refractivity contribution is 0.0635. The Kier molecular flexibility index (Phi) is 4.72. The van der Waals surface area contributed by atoms with Crippen LogP contribution in [0.2, 0.25) is 0 Å². The molecule has 0 fully saturated rings. The van der Waals surface area contributed by atoms with Crippen LogP contribution in [-0.4, -0.2) is 27.8 Å². The fourth-order valence-electron chi connectivity index (χ4n) is 1.33. The number of pyridine rings is 1. The van der Waals surface area contributed by atoms with Gasteiger partial charge in [0, 0.05) is 6.20 Å². The number of hydrogen-bond donors (Lipinski definition) is 2. The van der Waals surface area contributed by atoms with E-state index in [0.29, 0.717) is 0 Å². The average Bonchev–Trinajstić information content (AvgIpc) is 2.26.